The fourth-order valence-electron chi connectivity index (χ4n) is 2.55. The summed E-state index contributed by atoms with van der Waals surface area (Å²) in [7, 11) is 3.43. The number of carbonyl (C=O) groups excluding carboxylic acids is 1. The fraction of sp³-hybridized carbons (Fsp3) is 0.235. The lowest BCUT2D eigenvalue weighted by Gasteiger charge is -2.44. The van der Waals surface area contributed by atoms with Gasteiger partial charge in [-0.2, -0.15) is 0 Å². The van der Waals surface area contributed by atoms with Gasteiger partial charge >= 0.3 is 0 Å². The number of hydrogen-bond donors (Lipinski definition) is 0. The molecule has 21 heavy (non-hydrogen) atoms. The Hall–Kier alpha value is -2.49. The number of rotatable bonds is 4. The Kier molecular flexibility index (Phi) is 3.52. The fourth-order valence-corrected chi connectivity index (χ4v) is 2.55. The number of benzene rings is 2. The highest BCUT2D eigenvalue weighted by atomic mass is 16.5. The van der Waals surface area contributed by atoms with Gasteiger partial charge in [-0.25, -0.2) is 0 Å². The standard InChI is InChI=1S/C17H17NO3/c1-18-15(12-8-10-13(20-2)11-9-12)16(17(18)19)21-14-6-4-3-5-7-14/h3-11,15-16H,1-2H3/t15-,16-/m1/s1. The molecular weight excluding hydrogens is 266 g/mol. The molecule has 0 saturated carbocycles. The number of likely N-dealkylation sites (N-methyl/N-ethyl adjacent to an activating group) is 1. The molecule has 0 aromatic heterocycles. The summed E-state index contributed by atoms with van der Waals surface area (Å²) in [5.41, 5.74) is 1.04. The van der Waals surface area contributed by atoms with E-state index in [2.05, 4.69) is 0 Å². The normalized spacial score (nSPS) is 20.9. The number of para-hydroxylation sites is 1. The molecule has 108 valence electrons. The number of methoxy groups -OCH3 is 1. The van der Waals surface area contributed by atoms with E-state index < -0.39 is 6.10 Å². The van der Waals surface area contributed by atoms with Crippen LogP contribution in [-0.4, -0.2) is 31.1 Å². The van der Waals surface area contributed by atoms with Gasteiger partial charge < -0.3 is 14.4 Å². The SMILES string of the molecule is COc1ccc([C@@H]2[C@@H](Oc3ccccc3)C(=O)N2C)cc1. The Morgan fingerprint density at radius 2 is 1.62 bits per heavy atom. The molecule has 2 aromatic carbocycles. The summed E-state index contributed by atoms with van der Waals surface area (Å²) in [6.45, 7) is 0. The molecule has 1 aliphatic rings. The van der Waals surface area contributed by atoms with Crippen molar-refractivity contribution in [3.63, 3.8) is 0 Å². The summed E-state index contributed by atoms with van der Waals surface area (Å²) in [5, 5.41) is 0. The number of ether oxygens (including phenoxy) is 2. The van der Waals surface area contributed by atoms with Crippen LogP contribution in [0.1, 0.15) is 11.6 Å². The first kappa shape index (κ1) is 13.5. The zero-order chi connectivity index (χ0) is 14.8. The third-order valence-corrected chi connectivity index (χ3v) is 3.76. The maximum absolute atomic E-state index is 12.0. The maximum Gasteiger partial charge on any atom is 0.266 e. The second-order valence-electron chi connectivity index (χ2n) is 5.02. The minimum atomic E-state index is -0.467. The number of nitrogens with zero attached hydrogens (tertiary/aromatic N) is 1. The summed E-state index contributed by atoms with van der Waals surface area (Å²) >= 11 is 0. The first-order valence-corrected chi connectivity index (χ1v) is 6.83. The third-order valence-electron chi connectivity index (χ3n) is 3.76. The predicted octanol–water partition coefficient (Wildman–Crippen LogP) is 2.66. The molecule has 1 amide bonds. The van der Waals surface area contributed by atoms with E-state index in [4.69, 9.17) is 9.47 Å². The van der Waals surface area contributed by atoms with Crippen molar-refractivity contribution in [1.29, 1.82) is 0 Å². The first-order valence-electron chi connectivity index (χ1n) is 6.83. The zero-order valence-corrected chi connectivity index (χ0v) is 12.0. The van der Waals surface area contributed by atoms with Crippen LogP contribution in [0.25, 0.3) is 0 Å². The van der Waals surface area contributed by atoms with E-state index in [-0.39, 0.29) is 11.9 Å². The molecule has 1 aliphatic heterocycles. The molecule has 0 spiro atoms. The number of amides is 1. The summed E-state index contributed by atoms with van der Waals surface area (Å²) in [5.74, 6) is 1.51. The van der Waals surface area contributed by atoms with Gasteiger partial charge in [0.2, 0.25) is 6.10 Å². The van der Waals surface area contributed by atoms with Gasteiger partial charge in [0.25, 0.3) is 5.91 Å². The first-order chi connectivity index (χ1) is 10.2. The molecule has 1 heterocycles. The van der Waals surface area contributed by atoms with Crippen molar-refractivity contribution < 1.29 is 14.3 Å². The molecule has 0 radical (unpaired) electrons. The minimum Gasteiger partial charge on any atom is -0.497 e. The van der Waals surface area contributed by atoms with Crippen LogP contribution >= 0.6 is 0 Å². The Bertz CT molecular complexity index is 624. The monoisotopic (exact) mass is 283 g/mol. The van der Waals surface area contributed by atoms with E-state index in [1.165, 1.54) is 0 Å². The molecule has 0 aliphatic carbocycles. The molecule has 2 atom stereocenters. The molecule has 4 nitrogen and oxygen atoms in total. The highest BCUT2D eigenvalue weighted by molar-refractivity contribution is 5.89. The average Bonchev–Trinajstić information content (AvgIpc) is 2.55. The summed E-state index contributed by atoms with van der Waals surface area (Å²) in [6, 6.07) is 17.1. The van der Waals surface area contributed by atoms with Gasteiger partial charge in [-0.1, -0.05) is 30.3 Å². The van der Waals surface area contributed by atoms with Crippen molar-refractivity contribution in [2.75, 3.05) is 14.2 Å². The Balaban J connectivity index is 1.80. The van der Waals surface area contributed by atoms with Crippen molar-refractivity contribution in [2.24, 2.45) is 0 Å². The smallest absolute Gasteiger partial charge is 0.266 e. The van der Waals surface area contributed by atoms with E-state index >= 15 is 0 Å². The molecule has 0 unspecified atom stereocenters. The topological polar surface area (TPSA) is 38.8 Å². The average molecular weight is 283 g/mol. The van der Waals surface area contributed by atoms with Crippen molar-refractivity contribution in [2.45, 2.75) is 12.1 Å². The number of likely N-dealkylation sites (tertiary alicyclic amines) is 1. The summed E-state index contributed by atoms with van der Waals surface area (Å²) in [6.07, 6.45) is -0.467. The van der Waals surface area contributed by atoms with Gasteiger partial charge in [-0.15, -0.1) is 0 Å². The minimum absolute atomic E-state index is 0.000305. The summed E-state index contributed by atoms with van der Waals surface area (Å²) < 4.78 is 11.0. The van der Waals surface area contributed by atoms with E-state index in [1.807, 2.05) is 54.6 Å². The molecule has 1 fully saturated rings. The number of β-lactam (4-membered cyclic amide) rings is 1. The quantitative estimate of drug-likeness (QED) is 0.810. The molecule has 4 heteroatoms. The Morgan fingerprint density at radius 1 is 0.952 bits per heavy atom. The van der Waals surface area contributed by atoms with Crippen LogP contribution in [0.15, 0.2) is 54.6 Å². The van der Waals surface area contributed by atoms with E-state index in [0.717, 1.165) is 11.3 Å². The van der Waals surface area contributed by atoms with Crippen LogP contribution in [0, 0.1) is 0 Å². The lowest BCUT2D eigenvalue weighted by Crippen LogP contribution is -2.59. The zero-order valence-electron chi connectivity index (χ0n) is 12.0. The van der Waals surface area contributed by atoms with Crippen molar-refractivity contribution >= 4 is 5.91 Å². The van der Waals surface area contributed by atoms with Gasteiger partial charge in [0.15, 0.2) is 0 Å². The molecule has 0 N–H and O–H groups in total. The lowest BCUT2D eigenvalue weighted by molar-refractivity contribution is -0.160. The number of carbonyl (C=O) groups is 1. The van der Waals surface area contributed by atoms with Crippen molar-refractivity contribution in [3.8, 4) is 11.5 Å². The maximum atomic E-state index is 12.0. The van der Waals surface area contributed by atoms with Gasteiger partial charge in [0, 0.05) is 7.05 Å². The van der Waals surface area contributed by atoms with Gasteiger partial charge in [-0.3, -0.25) is 4.79 Å². The van der Waals surface area contributed by atoms with Gasteiger partial charge in [-0.05, 0) is 29.8 Å². The van der Waals surface area contributed by atoms with E-state index in [1.54, 1.807) is 19.1 Å². The van der Waals surface area contributed by atoms with Crippen LogP contribution in [0.5, 0.6) is 11.5 Å². The van der Waals surface area contributed by atoms with Crippen LogP contribution in [0.2, 0.25) is 0 Å². The highest BCUT2D eigenvalue weighted by Crippen LogP contribution is 2.36. The number of hydrogen-bond acceptors (Lipinski definition) is 3. The van der Waals surface area contributed by atoms with Gasteiger partial charge in [0.1, 0.15) is 17.5 Å². The van der Waals surface area contributed by atoms with Crippen molar-refractivity contribution in [1.82, 2.24) is 4.90 Å². The van der Waals surface area contributed by atoms with Crippen LogP contribution in [0.4, 0.5) is 0 Å². The van der Waals surface area contributed by atoms with Crippen LogP contribution in [0.3, 0.4) is 0 Å². The van der Waals surface area contributed by atoms with Crippen molar-refractivity contribution in [3.05, 3.63) is 60.2 Å². The van der Waals surface area contributed by atoms with Crippen LogP contribution in [-0.2, 0) is 4.79 Å². The molecule has 2 aromatic rings. The summed E-state index contributed by atoms with van der Waals surface area (Å²) in [4.78, 5) is 13.8. The Labute approximate surface area is 123 Å². The second-order valence-corrected chi connectivity index (χ2v) is 5.02. The highest BCUT2D eigenvalue weighted by Gasteiger charge is 2.47. The third kappa shape index (κ3) is 2.44. The van der Waals surface area contributed by atoms with E-state index in [9.17, 15) is 4.79 Å². The largest absolute Gasteiger partial charge is 0.497 e. The lowest BCUT2D eigenvalue weighted by atomic mass is 9.91. The van der Waals surface area contributed by atoms with Crippen LogP contribution < -0.4 is 9.47 Å². The molecule has 0 bridgehead atoms. The molecule has 3 rings (SSSR count). The van der Waals surface area contributed by atoms with E-state index in [0.29, 0.717) is 5.75 Å². The Morgan fingerprint density at radius 3 is 2.24 bits per heavy atom. The van der Waals surface area contributed by atoms with Gasteiger partial charge in [0.05, 0.1) is 7.11 Å². The predicted molar refractivity (Wildman–Crippen MR) is 79.4 cm³/mol. The molecular formula is C17H17NO3. The molecule has 1 saturated heterocycles. The second kappa shape index (κ2) is 5.48.